The molecule has 8 heteroatoms. The molecule has 32 heavy (non-hydrogen) atoms. The first-order valence-electron chi connectivity index (χ1n) is 9.74. The minimum Gasteiger partial charge on any atom is -0.490 e. The van der Waals surface area contributed by atoms with E-state index >= 15 is 0 Å². The maximum atomic E-state index is 12.6. The van der Waals surface area contributed by atoms with Crippen molar-refractivity contribution < 1.29 is 22.7 Å². The van der Waals surface area contributed by atoms with Crippen molar-refractivity contribution in [3.63, 3.8) is 0 Å². The normalized spacial score (nSPS) is 11.3. The van der Waals surface area contributed by atoms with E-state index in [1.54, 1.807) is 73.7 Å². The van der Waals surface area contributed by atoms with Crippen molar-refractivity contribution in [1.82, 2.24) is 0 Å². The number of carbonyl (C=O) groups excluding carboxylic acids is 1. The summed E-state index contributed by atoms with van der Waals surface area (Å²) in [7, 11) is -3.56. The number of nitrogens with zero attached hydrogens (tertiary/aromatic N) is 2. The van der Waals surface area contributed by atoms with Crippen LogP contribution in [0.5, 0.6) is 5.75 Å². The Bertz CT molecular complexity index is 1200. The minimum absolute atomic E-state index is 0.128. The Balaban J connectivity index is 1.56. The van der Waals surface area contributed by atoms with Crippen molar-refractivity contribution in [2.24, 2.45) is 10.2 Å². The summed E-state index contributed by atoms with van der Waals surface area (Å²) in [5.74, 6) is 0.154. The molecule has 0 aliphatic rings. The zero-order valence-corrected chi connectivity index (χ0v) is 18.3. The topological polar surface area (TPSA) is 94.4 Å². The molecule has 0 radical (unpaired) electrons. The third kappa shape index (κ3) is 6.12. The Morgan fingerprint density at radius 1 is 0.812 bits per heavy atom. The SMILES string of the molecule is C=C(C)C(=O)OCCOc1ccc(N=Nc2ccc(S(=O)(=O)c3ccccc3)cc2)cc1. The lowest BCUT2D eigenvalue weighted by molar-refractivity contribution is -0.139. The van der Waals surface area contributed by atoms with E-state index < -0.39 is 15.8 Å². The molecule has 0 N–H and O–H groups in total. The maximum Gasteiger partial charge on any atom is 0.333 e. The molecule has 0 heterocycles. The molecule has 3 aromatic rings. The summed E-state index contributed by atoms with van der Waals surface area (Å²) in [6.07, 6.45) is 0. The summed E-state index contributed by atoms with van der Waals surface area (Å²) in [6.45, 7) is 5.44. The van der Waals surface area contributed by atoms with E-state index in [0.29, 0.717) is 22.7 Å². The lowest BCUT2D eigenvalue weighted by Crippen LogP contribution is -2.12. The molecule has 0 unspecified atom stereocenters. The fourth-order valence-electron chi connectivity index (χ4n) is 2.57. The summed E-state index contributed by atoms with van der Waals surface area (Å²) in [5.41, 5.74) is 1.47. The molecule has 0 saturated carbocycles. The molecule has 3 aromatic carbocycles. The van der Waals surface area contributed by atoms with Crippen molar-refractivity contribution in [3.05, 3.63) is 91.0 Å². The first-order chi connectivity index (χ1) is 15.4. The summed E-state index contributed by atoms with van der Waals surface area (Å²) < 4.78 is 35.7. The van der Waals surface area contributed by atoms with E-state index in [2.05, 4.69) is 16.8 Å². The first kappa shape index (κ1) is 22.9. The lowest BCUT2D eigenvalue weighted by atomic mass is 10.3. The molecule has 0 saturated heterocycles. The van der Waals surface area contributed by atoms with Gasteiger partial charge >= 0.3 is 5.97 Å². The van der Waals surface area contributed by atoms with Crippen LogP contribution in [0.2, 0.25) is 0 Å². The van der Waals surface area contributed by atoms with E-state index in [-0.39, 0.29) is 23.0 Å². The number of rotatable bonds is 9. The van der Waals surface area contributed by atoms with Crippen molar-refractivity contribution in [2.45, 2.75) is 16.7 Å². The number of benzene rings is 3. The first-order valence-corrected chi connectivity index (χ1v) is 11.2. The number of hydrogen-bond acceptors (Lipinski definition) is 7. The zero-order valence-electron chi connectivity index (χ0n) is 17.5. The maximum absolute atomic E-state index is 12.6. The molecule has 0 fully saturated rings. The molecule has 164 valence electrons. The van der Waals surface area contributed by atoms with Crippen LogP contribution in [0, 0.1) is 0 Å². The van der Waals surface area contributed by atoms with Gasteiger partial charge in [0.1, 0.15) is 19.0 Å². The Kier molecular flexibility index (Phi) is 7.51. The predicted molar refractivity (Wildman–Crippen MR) is 120 cm³/mol. The molecule has 0 spiro atoms. The van der Waals surface area contributed by atoms with E-state index in [0.717, 1.165) is 0 Å². The lowest BCUT2D eigenvalue weighted by Gasteiger charge is -2.07. The van der Waals surface area contributed by atoms with Gasteiger partial charge in [-0.3, -0.25) is 0 Å². The van der Waals surface area contributed by atoms with Gasteiger partial charge in [0, 0.05) is 5.57 Å². The molecule has 0 bridgehead atoms. The van der Waals surface area contributed by atoms with Gasteiger partial charge in [0.15, 0.2) is 0 Å². The van der Waals surface area contributed by atoms with Crippen molar-refractivity contribution >= 4 is 27.2 Å². The van der Waals surface area contributed by atoms with Crippen LogP contribution in [-0.2, 0) is 19.4 Å². The quantitative estimate of drug-likeness (QED) is 0.187. The molecular formula is C24H22N2O5S. The van der Waals surface area contributed by atoms with Gasteiger partial charge in [-0.25, -0.2) is 13.2 Å². The van der Waals surface area contributed by atoms with Crippen LogP contribution in [0.25, 0.3) is 0 Å². The van der Waals surface area contributed by atoms with Gasteiger partial charge in [0.25, 0.3) is 0 Å². The van der Waals surface area contributed by atoms with Crippen LogP contribution in [-0.4, -0.2) is 27.6 Å². The van der Waals surface area contributed by atoms with Gasteiger partial charge < -0.3 is 9.47 Å². The van der Waals surface area contributed by atoms with Crippen LogP contribution in [0.4, 0.5) is 11.4 Å². The van der Waals surface area contributed by atoms with Gasteiger partial charge in [-0.15, -0.1) is 0 Å². The Morgan fingerprint density at radius 2 is 1.34 bits per heavy atom. The average molecular weight is 451 g/mol. The Labute approximate surface area is 187 Å². The molecule has 0 aromatic heterocycles. The Morgan fingerprint density at radius 3 is 1.91 bits per heavy atom. The second kappa shape index (κ2) is 10.5. The van der Waals surface area contributed by atoms with Crippen LogP contribution < -0.4 is 4.74 Å². The molecule has 7 nitrogen and oxygen atoms in total. The number of ether oxygens (including phenoxy) is 2. The van der Waals surface area contributed by atoms with Gasteiger partial charge in [0.2, 0.25) is 9.84 Å². The van der Waals surface area contributed by atoms with Crippen LogP contribution >= 0.6 is 0 Å². The van der Waals surface area contributed by atoms with E-state index in [4.69, 9.17) is 9.47 Å². The molecule has 0 aliphatic heterocycles. The van der Waals surface area contributed by atoms with Crippen LogP contribution in [0.1, 0.15) is 6.92 Å². The molecule has 0 amide bonds. The third-order valence-corrected chi connectivity index (χ3v) is 6.04. The van der Waals surface area contributed by atoms with Crippen LogP contribution in [0.3, 0.4) is 0 Å². The predicted octanol–water partition coefficient (Wildman–Crippen LogP) is 5.43. The molecule has 3 rings (SSSR count). The standard InChI is InChI=1S/C24H22N2O5S/c1-18(2)24(27)31-17-16-30-21-12-8-19(9-13-21)25-26-20-10-14-23(15-11-20)32(28,29)22-6-4-3-5-7-22/h3-15H,1,16-17H2,2H3. The van der Waals surface area contributed by atoms with Crippen molar-refractivity contribution in [3.8, 4) is 5.75 Å². The fourth-order valence-corrected chi connectivity index (χ4v) is 3.85. The smallest absolute Gasteiger partial charge is 0.333 e. The van der Waals surface area contributed by atoms with E-state index in [1.807, 2.05) is 0 Å². The Hall–Kier alpha value is -3.78. The molecule has 0 atom stereocenters. The summed E-state index contributed by atoms with van der Waals surface area (Å²) in [5, 5.41) is 8.28. The van der Waals surface area contributed by atoms with Gasteiger partial charge in [-0.1, -0.05) is 24.8 Å². The highest BCUT2D eigenvalue weighted by Gasteiger charge is 2.16. The number of sulfone groups is 1. The third-order valence-electron chi connectivity index (χ3n) is 4.25. The fraction of sp³-hybridized carbons (Fsp3) is 0.125. The highest BCUT2D eigenvalue weighted by Crippen LogP contribution is 2.25. The van der Waals surface area contributed by atoms with E-state index in [1.165, 1.54) is 12.1 Å². The second-order valence-electron chi connectivity index (χ2n) is 6.77. The number of carbonyl (C=O) groups is 1. The highest BCUT2D eigenvalue weighted by molar-refractivity contribution is 7.91. The van der Waals surface area contributed by atoms with Crippen LogP contribution in [0.15, 0.2) is 111 Å². The second-order valence-corrected chi connectivity index (χ2v) is 8.72. The van der Waals surface area contributed by atoms with Crippen molar-refractivity contribution in [2.75, 3.05) is 13.2 Å². The molecule has 0 aliphatic carbocycles. The summed E-state index contributed by atoms with van der Waals surface area (Å²) in [4.78, 5) is 11.7. The summed E-state index contributed by atoms with van der Waals surface area (Å²) in [6, 6.07) is 21.4. The monoisotopic (exact) mass is 450 g/mol. The largest absolute Gasteiger partial charge is 0.490 e. The number of azo groups is 1. The molecular weight excluding hydrogens is 428 g/mol. The highest BCUT2D eigenvalue weighted by atomic mass is 32.2. The minimum atomic E-state index is -3.56. The summed E-state index contributed by atoms with van der Waals surface area (Å²) >= 11 is 0. The number of hydrogen-bond donors (Lipinski definition) is 0. The average Bonchev–Trinajstić information content (AvgIpc) is 2.82. The van der Waals surface area contributed by atoms with Crippen molar-refractivity contribution in [1.29, 1.82) is 0 Å². The zero-order chi connectivity index (χ0) is 23.0. The van der Waals surface area contributed by atoms with Gasteiger partial charge in [-0.2, -0.15) is 10.2 Å². The van der Waals surface area contributed by atoms with Gasteiger partial charge in [0.05, 0.1) is 21.2 Å². The van der Waals surface area contributed by atoms with E-state index in [9.17, 15) is 13.2 Å². The number of esters is 1. The van der Waals surface area contributed by atoms with Gasteiger partial charge in [-0.05, 0) is 67.6 Å².